The molecule has 12 heavy (non-hydrogen) atoms. The fraction of sp³-hybridized carbons (Fsp3) is 0.429. The van der Waals surface area contributed by atoms with Gasteiger partial charge in [0, 0.05) is 13.1 Å². The molecule has 1 aromatic rings. The first-order chi connectivity index (χ1) is 5.70. The van der Waals surface area contributed by atoms with E-state index >= 15 is 0 Å². The number of rotatable bonds is 2. The first-order valence-electron chi connectivity index (χ1n) is 3.63. The molecule has 0 amide bonds. The van der Waals surface area contributed by atoms with E-state index in [1.807, 2.05) is 6.07 Å². The average molecular weight is 165 g/mol. The molecular weight excluding hydrogens is 154 g/mol. The lowest BCUT2D eigenvalue weighted by Crippen LogP contribution is -2.13. The third kappa shape index (κ3) is 1.24. The summed E-state index contributed by atoms with van der Waals surface area (Å²) in [5.41, 5.74) is 12.1. The van der Waals surface area contributed by atoms with Gasteiger partial charge in [0.15, 0.2) is 5.69 Å². The third-order valence-corrected chi connectivity index (χ3v) is 1.71. The number of hydrogen-bond donors (Lipinski definition) is 2. The van der Waals surface area contributed by atoms with E-state index in [0.29, 0.717) is 24.7 Å². The second-order valence-corrected chi connectivity index (χ2v) is 2.46. The second-order valence-electron chi connectivity index (χ2n) is 2.46. The molecule has 0 atom stereocenters. The Morgan fingerprint density at radius 2 is 2.33 bits per heavy atom. The first-order valence-corrected chi connectivity index (χ1v) is 3.63. The van der Waals surface area contributed by atoms with Crippen molar-refractivity contribution >= 4 is 5.95 Å². The van der Waals surface area contributed by atoms with E-state index < -0.39 is 0 Å². The minimum absolute atomic E-state index is 0.356. The summed E-state index contributed by atoms with van der Waals surface area (Å²) in [7, 11) is 0. The van der Waals surface area contributed by atoms with Crippen molar-refractivity contribution in [2.45, 2.75) is 13.5 Å². The summed E-state index contributed by atoms with van der Waals surface area (Å²) in [6, 6.07) is 1.96. The molecule has 64 valence electrons. The normalized spacial score (nSPS) is 9.75. The highest BCUT2D eigenvalue weighted by atomic mass is 15.2. The van der Waals surface area contributed by atoms with Crippen LogP contribution >= 0.6 is 0 Å². The molecule has 0 bridgehead atoms. The average Bonchev–Trinajstić information content (AvgIpc) is 2.32. The van der Waals surface area contributed by atoms with Crippen molar-refractivity contribution in [3.63, 3.8) is 0 Å². The van der Waals surface area contributed by atoms with Gasteiger partial charge in [0.1, 0.15) is 6.07 Å². The number of anilines is 1. The van der Waals surface area contributed by atoms with Crippen LogP contribution in [-0.2, 0) is 6.54 Å². The van der Waals surface area contributed by atoms with Gasteiger partial charge in [0.2, 0.25) is 5.95 Å². The van der Waals surface area contributed by atoms with Gasteiger partial charge in [-0.3, -0.25) is 0 Å². The lowest BCUT2D eigenvalue weighted by atomic mass is 10.4. The van der Waals surface area contributed by atoms with Crippen LogP contribution in [0, 0.1) is 18.3 Å². The van der Waals surface area contributed by atoms with Crippen molar-refractivity contribution < 1.29 is 0 Å². The fourth-order valence-electron chi connectivity index (χ4n) is 1.07. The lowest BCUT2D eigenvalue weighted by Gasteiger charge is -2.03. The smallest absolute Gasteiger partial charge is 0.201 e. The Labute approximate surface area is 70.6 Å². The molecular formula is C7H11N5. The third-order valence-electron chi connectivity index (χ3n) is 1.71. The summed E-state index contributed by atoms with van der Waals surface area (Å²) >= 11 is 0. The molecule has 0 fully saturated rings. The molecule has 1 heterocycles. The predicted octanol–water partition coefficient (Wildman–Crippen LogP) is -0.396. The van der Waals surface area contributed by atoms with Gasteiger partial charge in [-0.25, -0.2) is 4.98 Å². The monoisotopic (exact) mass is 165 g/mol. The van der Waals surface area contributed by atoms with Crippen molar-refractivity contribution in [1.82, 2.24) is 9.55 Å². The number of hydrogen-bond acceptors (Lipinski definition) is 4. The van der Waals surface area contributed by atoms with E-state index in [1.165, 1.54) is 0 Å². The van der Waals surface area contributed by atoms with Crippen molar-refractivity contribution in [2.75, 3.05) is 12.3 Å². The number of nitrogens with two attached hydrogens (primary N) is 2. The number of aromatic nitrogens is 2. The van der Waals surface area contributed by atoms with Crippen LogP contribution in [-0.4, -0.2) is 16.1 Å². The first kappa shape index (κ1) is 8.56. The summed E-state index contributed by atoms with van der Waals surface area (Å²) in [6.07, 6.45) is 0. The molecule has 0 spiro atoms. The SMILES string of the molecule is Cc1c(C#N)nc(N)n1CCN. The van der Waals surface area contributed by atoms with Crippen LogP contribution in [0.1, 0.15) is 11.4 Å². The van der Waals surface area contributed by atoms with E-state index in [4.69, 9.17) is 16.7 Å². The molecule has 0 radical (unpaired) electrons. The minimum Gasteiger partial charge on any atom is -0.369 e. The summed E-state index contributed by atoms with van der Waals surface area (Å²) in [6.45, 7) is 2.90. The second kappa shape index (κ2) is 3.24. The van der Waals surface area contributed by atoms with Gasteiger partial charge in [-0.1, -0.05) is 0 Å². The van der Waals surface area contributed by atoms with Crippen LogP contribution in [0.25, 0.3) is 0 Å². The van der Waals surface area contributed by atoms with Gasteiger partial charge in [-0.05, 0) is 6.92 Å². The summed E-state index contributed by atoms with van der Waals surface area (Å²) < 4.78 is 1.73. The van der Waals surface area contributed by atoms with Crippen LogP contribution in [0.5, 0.6) is 0 Å². The molecule has 0 aromatic carbocycles. The maximum absolute atomic E-state index is 8.61. The van der Waals surface area contributed by atoms with E-state index in [-0.39, 0.29) is 0 Å². The van der Waals surface area contributed by atoms with Gasteiger partial charge in [0.25, 0.3) is 0 Å². The predicted molar refractivity (Wildman–Crippen MR) is 45.1 cm³/mol. The Bertz CT molecular complexity index is 319. The zero-order chi connectivity index (χ0) is 9.14. The molecule has 1 aromatic heterocycles. The summed E-state index contributed by atoms with van der Waals surface area (Å²) in [5, 5.41) is 8.61. The standard InChI is InChI=1S/C7H11N5/c1-5-6(4-9)11-7(10)12(5)3-2-8/h2-3,8H2,1H3,(H2,10,11). The van der Waals surface area contributed by atoms with Gasteiger partial charge >= 0.3 is 0 Å². The quantitative estimate of drug-likeness (QED) is 0.623. The summed E-state index contributed by atoms with van der Waals surface area (Å²) in [5.74, 6) is 0.356. The molecule has 0 aliphatic carbocycles. The molecule has 5 nitrogen and oxygen atoms in total. The van der Waals surface area contributed by atoms with E-state index in [0.717, 1.165) is 5.69 Å². The van der Waals surface area contributed by atoms with Crippen molar-refractivity contribution in [3.05, 3.63) is 11.4 Å². The zero-order valence-corrected chi connectivity index (χ0v) is 6.91. The van der Waals surface area contributed by atoms with Gasteiger partial charge < -0.3 is 16.0 Å². The largest absolute Gasteiger partial charge is 0.369 e. The Morgan fingerprint density at radius 3 is 2.75 bits per heavy atom. The van der Waals surface area contributed by atoms with Crippen LogP contribution in [0.4, 0.5) is 5.95 Å². The maximum atomic E-state index is 8.61. The molecule has 5 heteroatoms. The minimum atomic E-state index is 0.356. The van der Waals surface area contributed by atoms with Crippen molar-refractivity contribution in [1.29, 1.82) is 5.26 Å². The Hall–Kier alpha value is -1.54. The lowest BCUT2D eigenvalue weighted by molar-refractivity contribution is 0.699. The Morgan fingerprint density at radius 1 is 1.67 bits per heavy atom. The van der Waals surface area contributed by atoms with Gasteiger partial charge in [0.05, 0.1) is 5.69 Å². The van der Waals surface area contributed by atoms with E-state index in [2.05, 4.69) is 4.98 Å². The maximum Gasteiger partial charge on any atom is 0.201 e. The van der Waals surface area contributed by atoms with Gasteiger partial charge in [-0.15, -0.1) is 0 Å². The molecule has 0 saturated heterocycles. The number of nitrogen functional groups attached to an aromatic ring is 1. The molecule has 0 aliphatic rings. The highest BCUT2D eigenvalue weighted by Gasteiger charge is 2.09. The van der Waals surface area contributed by atoms with Gasteiger partial charge in [-0.2, -0.15) is 5.26 Å². The number of imidazole rings is 1. The number of nitriles is 1. The van der Waals surface area contributed by atoms with Crippen molar-refractivity contribution in [2.24, 2.45) is 5.73 Å². The molecule has 4 N–H and O–H groups in total. The van der Waals surface area contributed by atoms with E-state index in [1.54, 1.807) is 11.5 Å². The highest BCUT2D eigenvalue weighted by Crippen LogP contribution is 2.10. The number of nitrogens with zero attached hydrogens (tertiary/aromatic N) is 3. The molecule has 0 unspecified atom stereocenters. The van der Waals surface area contributed by atoms with Crippen molar-refractivity contribution in [3.8, 4) is 6.07 Å². The summed E-state index contributed by atoms with van der Waals surface area (Å²) in [4.78, 5) is 3.87. The van der Waals surface area contributed by atoms with E-state index in [9.17, 15) is 0 Å². The molecule has 0 saturated carbocycles. The topological polar surface area (TPSA) is 93.6 Å². The highest BCUT2D eigenvalue weighted by molar-refractivity contribution is 5.35. The Balaban J connectivity index is 3.12. The Kier molecular flexibility index (Phi) is 2.31. The fourth-order valence-corrected chi connectivity index (χ4v) is 1.07. The molecule has 1 rings (SSSR count). The van der Waals surface area contributed by atoms with Crippen LogP contribution in [0.3, 0.4) is 0 Å². The van der Waals surface area contributed by atoms with Crippen LogP contribution < -0.4 is 11.5 Å². The zero-order valence-electron chi connectivity index (χ0n) is 6.91. The molecule has 0 aliphatic heterocycles. The van der Waals surface area contributed by atoms with Crippen LogP contribution in [0.2, 0.25) is 0 Å². The van der Waals surface area contributed by atoms with Crippen LogP contribution in [0.15, 0.2) is 0 Å².